The number of ether oxygens (including phenoxy) is 2. The Labute approximate surface area is 113 Å². The summed E-state index contributed by atoms with van der Waals surface area (Å²) < 4.78 is 10.7. The summed E-state index contributed by atoms with van der Waals surface area (Å²) in [6, 6.07) is 5.50. The molecule has 1 atom stereocenters. The van der Waals surface area contributed by atoms with Gasteiger partial charge in [0.1, 0.15) is 5.75 Å². The Morgan fingerprint density at radius 3 is 2.79 bits per heavy atom. The van der Waals surface area contributed by atoms with Crippen LogP contribution in [-0.4, -0.2) is 23.8 Å². The van der Waals surface area contributed by atoms with Gasteiger partial charge in [0.15, 0.2) is 6.10 Å². The van der Waals surface area contributed by atoms with Crippen molar-refractivity contribution in [2.75, 3.05) is 6.61 Å². The highest BCUT2D eigenvalue weighted by molar-refractivity contribution is 5.77. The standard InChI is InChI=1S/C15H20O4/c1-3-18-15(17)14(16)12-9-10(2)7-8-13(12)19-11-5-4-6-11/h7-9,11,14,16H,3-6H2,1-2H3. The highest BCUT2D eigenvalue weighted by Crippen LogP contribution is 2.32. The molecule has 1 N–H and O–H groups in total. The number of aliphatic hydroxyl groups is 1. The Kier molecular flexibility index (Phi) is 4.43. The largest absolute Gasteiger partial charge is 0.490 e. The fraction of sp³-hybridized carbons (Fsp3) is 0.533. The molecule has 0 bridgehead atoms. The molecular weight excluding hydrogens is 244 g/mol. The Morgan fingerprint density at radius 2 is 2.21 bits per heavy atom. The van der Waals surface area contributed by atoms with Crippen LogP contribution < -0.4 is 4.74 Å². The van der Waals surface area contributed by atoms with Gasteiger partial charge in [-0.2, -0.15) is 0 Å². The zero-order valence-electron chi connectivity index (χ0n) is 11.4. The van der Waals surface area contributed by atoms with E-state index in [1.165, 1.54) is 6.42 Å². The van der Waals surface area contributed by atoms with E-state index in [0.717, 1.165) is 18.4 Å². The van der Waals surface area contributed by atoms with Crippen LogP contribution in [0, 0.1) is 6.92 Å². The van der Waals surface area contributed by atoms with Crippen molar-refractivity contribution in [3.8, 4) is 5.75 Å². The van der Waals surface area contributed by atoms with Crippen LogP contribution in [0.4, 0.5) is 0 Å². The predicted octanol–water partition coefficient (Wildman–Crippen LogP) is 2.52. The van der Waals surface area contributed by atoms with Crippen LogP contribution in [0.25, 0.3) is 0 Å². The van der Waals surface area contributed by atoms with Gasteiger partial charge in [0.05, 0.1) is 12.7 Å². The summed E-state index contributed by atoms with van der Waals surface area (Å²) in [5.41, 5.74) is 1.46. The van der Waals surface area contributed by atoms with E-state index in [0.29, 0.717) is 11.3 Å². The minimum absolute atomic E-state index is 0.204. The van der Waals surface area contributed by atoms with Gasteiger partial charge < -0.3 is 14.6 Å². The number of carbonyl (C=O) groups is 1. The molecule has 0 aliphatic heterocycles. The lowest BCUT2D eigenvalue weighted by Gasteiger charge is -2.28. The molecule has 1 aromatic rings. The summed E-state index contributed by atoms with van der Waals surface area (Å²) in [7, 11) is 0. The SMILES string of the molecule is CCOC(=O)C(O)c1cc(C)ccc1OC1CCC1. The molecule has 104 valence electrons. The van der Waals surface area contributed by atoms with Crippen molar-refractivity contribution in [1.29, 1.82) is 0 Å². The van der Waals surface area contributed by atoms with Gasteiger partial charge in [0.25, 0.3) is 0 Å². The van der Waals surface area contributed by atoms with E-state index in [-0.39, 0.29) is 12.7 Å². The van der Waals surface area contributed by atoms with E-state index in [4.69, 9.17) is 9.47 Å². The summed E-state index contributed by atoms with van der Waals surface area (Å²) in [4.78, 5) is 11.6. The van der Waals surface area contributed by atoms with E-state index in [9.17, 15) is 9.90 Å². The van der Waals surface area contributed by atoms with Gasteiger partial charge >= 0.3 is 5.97 Å². The zero-order valence-corrected chi connectivity index (χ0v) is 11.4. The number of aryl methyl sites for hydroxylation is 1. The molecule has 1 aliphatic rings. The van der Waals surface area contributed by atoms with Crippen LogP contribution in [0.1, 0.15) is 43.4 Å². The number of hydrogen-bond donors (Lipinski definition) is 1. The maximum absolute atomic E-state index is 11.6. The minimum Gasteiger partial charge on any atom is -0.490 e. The van der Waals surface area contributed by atoms with Crippen molar-refractivity contribution in [2.45, 2.75) is 45.3 Å². The summed E-state index contributed by atoms with van der Waals surface area (Å²) in [6.45, 7) is 3.88. The third-order valence-electron chi connectivity index (χ3n) is 3.32. The second-order valence-corrected chi connectivity index (χ2v) is 4.87. The van der Waals surface area contributed by atoms with Crippen molar-refractivity contribution < 1.29 is 19.4 Å². The molecule has 4 heteroatoms. The third-order valence-corrected chi connectivity index (χ3v) is 3.32. The van der Waals surface area contributed by atoms with Crippen molar-refractivity contribution in [2.24, 2.45) is 0 Å². The highest BCUT2D eigenvalue weighted by atomic mass is 16.5. The lowest BCUT2D eigenvalue weighted by molar-refractivity contribution is -0.153. The van der Waals surface area contributed by atoms with Gasteiger partial charge in [0.2, 0.25) is 0 Å². The molecule has 4 nitrogen and oxygen atoms in total. The zero-order chi connectivity index (χ0) is 13.8. The number of carbonyl (C=O) groups excluding carboxylic acids is 1. The second-order valence-electron chi connectivity index (χ2n) is 4.87. The Bertz CT molecular complexity index is 451. The molecule has 0 aromatic heterocycles. The highest BCUT2D eigenvalue weighted by Gasteiger charge is 2.26. The second kappa shape index (κ2) is 6.06. The monoisotopic (exact) mass is 264 g/mol. The van der Waals surface area contributed by atoms with Crippen LogP contribution in [0.3, 0.4) is 0 Å². The van der Waals surface area contributed by atoms with Gasteiger partial charge in [-0.05, 0) is 45.2 Å². The summed E-state index contributed by atoms with van der Waals surface area (Å²) >= 11 is 0. The first-order valence-corrected chi connectivity index (χ1v) is 6.73. The predicted molar refractivity (Wildman–Crippen MR) is 71.0 cm³/mol. The van der Waals surface area contributed by atoms with Gasteiger partial charge in [-0.15, -0.1) is 0 Å². The molecule has 2 rings (SSSR count). The number of rotatable bonds is 5. The maximum atomic E-state index is 11.6. The topological polar surface area (TPSA) is 55.8 Å². The molecule has 0 saturated heterocycles. The van der Waals surface area contributed by atoms with Crippen LogP contribution >= 0.6 is 0 Å². The number of hydrogen-bond acceptors (Lipinski definition) is 4. The molecule has 1 aliphatic carbocycles. The number of aliphatic hydroxyl groups excluding tert-OH is 1. The number of benzene rings is 1. The molecule has 0 spiro atoms. The lowest BCUT2D eigenvalue weighted by Crippen LogP contribution is -2.26. The molecule has 1 aromatic carbocycles. The van der Waals surface area contributed by atoms with Crippen LogP contribution in [0.2, 0.25) is 0 Å². The quantitative estimate of drug-likeness (QED) is 0.830. The molecule has 0 radical (unpaired) electrons. The van der Waals surface area contributed by atoms with Gasteiger partial charge in [-0.3, -0.25) is 0 Å². The first kappa shape index (κ1) is 13.9. The van der Waals surface area contributed by atoms with Gasteiger partial charge in [-0.1, -0.05) is 11.6 Å². The Balaban J connectivity index is 2.20. The Hall–Kier alpha value is -1.55. The van der Waals surface area contributed by atoms with Crippen LogP contribution in [0.15, 0.2) is 18.2 Å². The van der Waals surface area contributed by atoms with E-state index >= 15 is 0 Å². The molecule has 0 amide bonds. The summed E-state index contributed by atoms with van der Waals surface area (Å²) in [5, 5.41) is 10.1. The van der Waals surface area contributed by atoms with Gasteiger partial charge in [-0.25, -0.2) is 4.79 Å². The molecule has 1 unspecified atom stereocenters. The first-order valence-electron chi connectivity index (χ1n) is 6.73. The summed E-state index contributed by atoms with van der Waals surface area (Å²) in [6.07, 6.45) is 2.16. The molecule has 0 heterocycles. The van der Waals surface area contributed by atoms with Crippen molar-refractivity contribution >= 4 is 5.97 Å². The first-order chi connectivity index (χ1) is 9.11. The smallest absolute Gasteiger partial charge is 0.339 e. The van der Waals surface area contributed by atoms with Crippen LogP contribution in [0.5, 0.6) is 5.75 Å². The minimum atomic E-state index is -1.28. The van der Waals surface area contributed by atoms with E-state index in [1.807, 2.05) is 19.1 Å². The Morgan fingerprint density at radius 1 is 1.47 bits per heavy atom. The average molecular weight is 264 g/mol. The molecule has 1 fully saturated rings. The molecular formula is C15H20O4. The fourth-order valence-electron chi connectivity index (χ4n) is 2.01. The molecule has 1 saturated carbocycles. The number of esters is 1. The normalized spacial score (nSPS) is 16.6. The fourth-order valence-corrected chi connectivity index (χ4v) is 2.01. The average Bonchev–Trinajstić information content (AvgIpc) is 2.34. The third kappa shape index (κ3) is 3.26. The molecule has 19 heavy (non-hydrogen) atoms. The van der Waals surface area contributed by atoms with Crippen molar-refractivity contribution in [3.63, 3.8) is 0 Å². The summed E-state index contributed by atoms with van der Waals surface area (Å²) in [5.74, 6) is -0.0533. The maximum Gasteiger partial charge on any atom is 0.339 e. The van der Waals surface area contributed by atoms with Crippen LogP contribution in [-0.2, 0) is 9.53 Å². The van der Waals surface area contributed by atoms with E-state index in [2.05, 4.69) is 0 Å². The van der Waals surface area contributed by atoms with E-state index in [1.54, 1.807) is 13.0 Å². The van der Waals surface area contributed by atoms with Crippen molar-refractivity contribution in [1.82, 2.24) is 0 Å². The van der Waals surface area contributed by atoms with E-state index < -0.39 is 12.1 Å². The van der Waals surface area contributed by atoms with Crippen molar-refractivity contribution in [3.05, 3.63) is 29.3 Å². The lowest BCUT2D eigenvalue weighted by atomic mass is 9.96. The van der Waals surface area contributed by atoms with Gasteiger partial charge in [0, 0.05) is 5.56 Å².